The quantitative estimate of drug-likeness (QED) is 0.721. The van der Waals surface area contributed by atoms with E-state index in [4.69, 9.17) is 5.11 Å². The molecule has 2 atom stereocenters. The third-order valence-electron chi connectivity index (χ3n) is 2.68. The maximum atomic E-state index is 13.5. The van der Waals surface area contributed by atoms with Gasteiger partial charge in [-0.15, -0.1) is 0 Å². The fourth-order valence-corrected chi connectivity index (χ4v) is 1.68. The Morgan fingerprint density at radius 1 is 1.37 bits per heavy atom. The number of rotatable bonds is 6. The first-order valence-corrected chi connectivity index (χ1v) is 5.89. The van der Waals surface area contributed by atoms with Gasteiger partial charge in [0.25, 0.3) is 0 Å². The van der Waals surface area contributed by atoms with Gasteiger partial charge >= 0.3 is 5.97 Å². The van der Waals surface area contributed by atoms with E-state index in [0.29, 0.717) is 5.56 Å². The highest BCUT2D eigenvalue weighted by Gasteiger charge is 2.19. The molecular weight excluding hydrogens is 251 g/mol. The Morgan fingerprint density at radius 2 is 2.00 bits per heavy atom. The molecule has 5 nitrogen and oxygen atoms in total. The van der Waals surface area contributed by atoms with Crippen LogP contribution in [0.4, 0.5) is 4.39 Å². The third-order valence-corrected chi connectivity index (χ3v) is 2.68. The Bertz CT molecular complexity index is 465. The smallest absolute Gasteiger partial charge is 0.327 e. The largest absolute Gasteiger partial charge is 0.480 e. The van der Waals surface area contributed by atoms with Crippen LogP contribution in [0, 0.1) is 5.82 Å². The van der Waals surface area contributed by atoms with Crippen LogP contribution in [0.2, 0.25) is 0 Å². The summed E-state index contributed by atoms with van der Waals surface area (Å²) in [6.45, 7) is 2.99. The van der Waals surface area contributed by atoms with E-state index in [1.165, 1.54) is 13.0 Å². The van der Waals surface area contributed by atoms with Crippen LogP contribution in [0.25, 0.3) is 0 Å². The van der Waals surface area contributed by atoms with Gasteiger partial charge in [-0.3, -0.25) is 4.79 Å². The Kier molecular flexibility index (Phi) is 5.44. The van der Waals surface area contributed by atoms with Crippen LogP contribution in [0.15, 0.2) is 24.3 Å². The van der Waals surface area contributed by atoms with Crippen LogP contribution < -0.4 is 10.6 Å². The number of benzene rings is 1. The number of aliphatic carboxylic acids is 1. The third kappa shape index (κ3) is 4.67. The molecule has 0 heterocycles. The fourth-order valence-electron chi connectivity index (χ4n) is 1.68. The zero-order valence-electron chi connectivity index (χ0n) is 10.8. The maximum absolute atomic E-state index is 13.5. The zero-order valence-corrected chi connectivity index (χ0v) is 10.8. The van der Waals surface area contributed by atoms with Gasteiger partial charge < -0.3 is 15.7 Å². The minimum atomic E-state index is -1.14. The molecule has 0 radical (unpaired) electrons. The van der Waals surface area contributed by atoms with Crippen molar-refractivity contribution in [1.82, 2.24) is 10.6 Å². The molecule has 1 aromatic rings. The van der Waals surface area contributed by atoms with Crippen molar-refractivity contribution in [3.05, 3.63) is 35.6 Å². The molecule has 1 aromatic carbocycles. The highest BCUT2D eigenvalue weighted by molar-refractivity contribution is 5.82. The molecule has 0 spiro atoms. The Balaban J connectivity index is 2.62. The summed E-state index contributed by atoms with van der Waals surface area (Å²) < 4.78 is 13.5. The molecule has 0 bridgehead atoms. The van der Waals surface area contributed by atoms with Crippen molar-refractivity contribution in [2.24, 2.45) is 0 Å². The van der Waals surface area contributed by atoms with E-state index in [0.717, 1.165) is 0 Å². The average Bonchev–Trinajstić information content (AvgIpc) is 2.34. The normalized spacial score (nSPS) is 13.6. The summed E-state index contributed by atoms with van der Waals surface area (Å²) in [6, 6.07) is 4.88. The number of carboxylic acid groups (broad SMARTS) is 1. The van der Waals surface area contributed by atoms with E-state index in [9.17, 15) is 14.0 Å². The average molecular weight is 268 g/mol. The molecule has 6 heteroatoms. The van der Waals surface area contributed by atoms with Crippen molar-refractivity contribution in [3.63, 3.8) is 0 Å². The Hall–Kier alpha value is -1.95. The minimum Gasteiger partial charge on any atom is -0.480 e. The lowest BCUT2D eigenvalue weighted by Crippen LogP contribution is -2.46. The molecular formula is C13H17FN2O3. The topological polar surface area (TPSA) is 78.4 Å². The van der Waals surface area contributed by atoms with E-state index in [1.807, 2.05) is 0 Å². The molecule has 0 fully saturated rings. The standard InChI is InChI=1S/C13H17FN2O3/c1-8(10-5-3-4-6-11(10)14)15-7-12(13(18)19)16-9(2)17/h3-6,8,12,15H,7H2,1-2H3,(H,16,17)(H,18,19)/t8-,12?/m1/s1. The first kappa shape index (κ1) is 15.1. The van der Waals surface area contributed by atoms with Gasteiger partial charge in [-0.05, 0) is 13.0 Å². The Labute approximate surface area is 110 Å². The number of carbonyl (C=O) groups is 2. The Morgan fingerprint density at radius 3 is 2.53 bits per heavy atom. The number of carbonyl (C=O) groups excluding carboxylic acids is 1. The number of carboxylic acids is 1. The van der Waals surface area contributed by atoms with E-state index in [1.54, 1.807) is 25.1 Å². The summed E-state index contributed by atoms with van der Waals surface area (Å²) >= 11 is 0. The van der Waals surface area contributed by atoms with Gasteiger partial charge in [-0.2, -0.15) is 0 Å². The van der Waals surface area contributed by atoms with Crippen molar-refractivity contribution in [1.29, 1.82) is 0 Å². The van der Waals surface area contributed by atoms with Crippen molar-refractivity contribution < 1.29 is 19.1 Å². The lowest BCUT2D eigenvalue weighted by Gasteiger charge is -2.19. The first-order chi connectivity index (χ1) is 8.91. The summed E-state index contributed by atoms with van der Waals surface area (Å²) in [5, 5.41) is 14.1. The molecule has 3 N–H and O–H groups in total. The van der Waals surface area contributed by atoms with Gasteiger partial charge in [0.05, 0.1) is 0 Å². The monoisotopic (exact) mass is 268 g/mol. The fraction of sp³-hybridized carbons (Fsp3) is 0.385. The molecule has 19 heavy (non-hydrogen) atoms. The summed E-state index contributed by atoms with van der Waals surface area (Å²) in [5.74, 6) is -1.91. The molecule has 1 rings (SSSR count). The lowest BCUT2D eigenvalue weighted by molar-refractivity contribution is -0.141. The molecule has 104 valence electrons. The number of amides is 1. The number of hydrogen-bond donors (Lipinski definition) is 3. The minimum absolute atomic E-state index is 0.0183. The highest BCUT2D eigenvalue weighted by Crippen LogP contribution is 2.15. The van der Waals surface area contributed by atoms with Crippen LogP contribution in [0.5, 0.6) is 0 Å². The molecule has 1 amide bonds. The second kappa shape index (κ2) is 6.84. The predicted octanol–water partition coefficient (Wildman–Crippen LogP) is 1.07. The summed E-state index contributed by atoms with van der Waals surface area (Å²) in [6.07, 6.45) is 0. The highest BCUT2D eigenvalue weighted by atomic mass is 19.1. The van der Waals surface area contributed by atoms with E-state index >= 15 is 0 Å². The summed E-state index contributed by atoms with van der Waals surface area (Å²) in [7, 11) is 0. The van der Waals surface area contributed by atoms with Gasteiger partial charge in [0.2, 0.25) is 5.91 Å². The van der Waals surface area contributed by atoms with Crippen molar-refractivity contribution in [2.75, 3.05) is 6.54 Å². The van der Waals surface area contributed by atoms with E-state index in [2.05, 4.69) is 10.6 Å². The maximum Gasteiger partial charge on any atom is 0.327 e. The summed E-state index contributed by atoms with van der Waals surface area (Å²) in [4.78, 5) is 21.8. The van der Waals surface area contributed by atoms with Gasteiger partial charge in [0.1, 0.15) is 11.9 Å². The van der Waals surface area contributed by atoms with Gasteiger partial charge in [-0.1, -0.05) is 18.2 Å². The molecule has 0 saturated carbocycles. The molecule has 0 aliphatic carbocycles. The number of halogens is 1. The van der Waals surface area contributed by atoms with Crippen molar-refractivity contribution in [2.45, 2.75) is 25.9 Å². The van der Waals surface area contributed by atoms with Gasteiger partial charge in [-0.25, -0.2) is 9.18 Å². The van der Waals surface area contributed by atoms with Crippen LogP contribution >= 0.6 is 0 Å². The second-order valence-corrected chi connectivity index (χ2v) is 4.24. The van der Waals surface area contributed by atoms with Crippen LogP contribution in [0.1, 0.15) is 25.5 Å². The molecule has 0 aliphatic rings. The van der Waals surface area contributed by atoms with Crippen LogP contribution in [-0.4, -0.2) is 29.6 Å². The SMILES string of the molecule is CC(=O)NC(CN[C@H](C)c1ccccc1F)C(=O)O. The van der Waals surface area contributed by atoms with E-state index in [-0.39, 0.29) is 18.4 Å². The molecule has 0 saturated heterocycles. The van der Waals surface area contributed by atoms with Crippen molar-refractivity contribution >= 4 is 11.9 Å². The molecule has 0 aromatic heterocycles. The van der Waals surface area contributed by atoms with Crippen molar-refractivity contribution in [3.8, 4) is 0 Å². The molecule has 1 unspecified atom stereocenters. The predicted molar refractivity (Wildman–Crippen MR) is 68.1 cm³/mol. The zero-order chi connectivity index (χ0) is 14.4. The first-order valence-electron chi connectivity index (χ1n) is 5.89. The number of hydrogen-bond acceptors (Lipinski definition) is 3. The summed E-state index contributed by atoms with van der Waals surface area (Å²) in [5.41, 5.74) is 0.453. The van der Waals surface area contributed by atoms with E-state index < -0.39 is 17.9 Å². The van der Waals surface area contributed by atoms with Crippen LogP contribution in [0.3, 0.4) is 0 Å². The molecule has 0 aliphatic heterocycles. The number of nitrogens with one attached hydrogen (secondary N) is 2. The lowest BCUT2D eigenvalue weighted by atomic mass is 10.1. The second-order valence-electron chi connectivity index (χ2n) is 4.24. The van der Waals surface area contributed by atoms with Crippen LogP contribution in [-0.2, 0) is 9.59 Å². The van der Waals surface area contributed by atoms with Gasteiger partial charge in [0.15, 0.2) is 0 Å². The van der Waals surface area contributed by atoms with Gasteiger partial charge in [0, 0.05) is 25.1 Å².